The number of rotatable bonds is 7. The lowest BCUT2D eigenvalue weighted by Gasteiger charge is -2.12. The van der Waals surface area contributed by atoms with Gasteiger partial charge in [-0.3, -0.25) is 0 Å². The molecular weight excluding hydrogens is 246 g/mol. The number of para-hydroxylation sites is 1. The molecule has 0 amide bonds. The predicted molar refractivity (Wildman–Crippen MR) is 85.4 cm³/mol. The summed E-state index contributed by atoms with van der Waals surface area (Å²) in [5, 5.41) is 3.51. The lowest BCUT2D eigenvalue weighted by atomic mass is 10.1. The number of hydrogen-bond donors (Lipinski definition) is 1. The molecule has 0 fully saturated rings. The molecule has 0 aliphatic heterocycles. The van der Waals surface area contributed by atoms with Gasteiger partial charge in [0.25, 0.3) is 0 Å². The normalized spacial score (nSPS) is 10.3. The summed E-state index contributed by atoms with van der Waals surface area (Å²) in [6.07, 6.45) is 2.08. The first kappa shape index (κ1) is 14.4. The Bertz CT molecular complexity index is 536. The van der Waals surface area contributed by atoms with E-state index in [1.807, 2.05) is 12.1 Å². The van der Waals surface area contributed by atoms with Gasteiger partial charge in [-0.15, -0.1) is 0 Å². The fourth-order valence-corrected chi connectivity index (χ4v) is 2.16. The van der Waals surface area contributed by atoms with Gasteiger partial charge in [0, 0.05) is 12.2 Å². The minimum Gasteiger partial charge on any atom is -0.494 e. The van der Waals surface area contributed by atoms with Crippen molar-refractivity contribution in [3.63, 3.8) is 0 Å². The van der Waals surface area contributed by atoms with Crippen LogP contribution in [0.15, 0.2) is 48.5 Å². The van der Waals surface area contributed by atoms with E-state index in [-0.39, 0.29) is 0 Å². The van der Waals surface area contributed by atoms with Crippen LogP contribution in [0.25, 0.3) is 0 Å². The molecule has 0 heterocycles. The third-order valence-electron chi connectivity index (χ3n) is 3.25. The van der Waals surface area contributed by atoms with E-state index in [1.165, 1.54) is 16.8 Å². The van der Waals surface area contributed by atoms with Gasteiger partial charge in [0.15, 0.2) is 0 Å². The number of hydrogen-bond acceptors (Lipinski definition) is 2. The molecule has 0 saturated carbocycles. The van der Waals surface area contributed by atoms with Crippen LogP contribution in [-0.4, -0.2) is 6.61 Å². The predicted octanol–water partition coefficient (Wildman–Crippen LogP) is 4.65. The monoisotopic (exact) mass is 269 g/mol. The number of nitrogens with one attached hydrogen (secondary N) is 1. The van der Waals surface area contributed by atoms with Crippen molar-refractivity contribution in [2.45, 2.75) is 33.2 Å². The van der Waals surface area contributed by atoms with Gasteiger partial charge in [-0.25, -0.2) is 0 Å². The number of anilines is 1. The van der Waals surface area contributed by atoms with E-state index in [9.17, 15) is 0 Å². The molecule has 2 heteroatoms. The first-order valence-electron chi connectivity index (χ1n) is 7.37. The molecule has 2 aromatic rings. The summed E-state index contributed by atoms with van der Waals surface area (Å²) in [6, 6.07) is 16.8. The van der Waals surface area contributed by atoms with Crippen LogP contribution in [0.4, 0.5) is 5.69 Å². The Kier molecular flexibility index (Phi) is 5.48. The molecule has 2 rings (SSSR count). The van der Waals surface area contributed by atoms with Gasteiger partial charge >= 0.3 is 0 Å². The van der Waals surface area contributed by atoms with Crippen molar-refractivity contribution >= 4 is 5.69 Å². The van der Waals surface area contributed by atoms with E-state index in [1.54, 1.807) is 0 Å². The largest absolute Gasteiger partial charge is 0.494 e. The lowest BCUT2D eigenvalue weighted by molar-refractivity contribution is 0.317. The van der Waals surface area contributed by atoms with Gasteiger partial charge in [-0.05, 0) is 42.2 Å². The standard InChI is InChI=1S/C18H23NO/c1-3-12-20-17-10-7-8-15(13-17)14-19-18-11-6-5-9-16(18)4-2/h5-11,13,19H,3-4,12,14H2,1-2H3. The van der Waals surface area contributed by atoms with E-state index in [2.05, 4.69) is 55.6 Å². The third kappa shape index (κ3) is 4.02. The topological polar surface area (TPSA) is 21.3 Å². The van der Waals surface area contributed by atoms with Crippen molar-refractivity contribution in [3.8, 4) is 5.75 Å². The first-order chi connectivity index (χ1) is 9.83. The maximum absolute atomic E-state index is 5.66. The summed E-state index contributed by atoms with van der Waals surface area (Å²) in [6.45, 7) is 5.89. The summed E-state index contributed by atoms with van der Waals surface area (Å²) in [5.74, 6) is 0.954. The van der Waals surface area contributed by atoms with Crippen molar-refractivity contribution in [2.24, 2.45) is 0 Å². The Labute approximate surface area is 121 Å². The summed E-state index contributed by atoms with van der Waals surface area (Å²) in [5.41, 5.74) is 3.81. The molecule has 0 unspecified atom stereocenters. The molecule has 0 radical (unpaired) electrons. The van der Waals surface area contributed by atoms with Crippen LogP contribution in [0, 0.1) is 0 Å². The zero-order valence-corrected chi connectivity index (χ0v) is 12.4. The zero-order valence-electron chi connectivity index (χ0n) is 12.4. The third-order valence-corrected chi connectivity index (χ3v) is 3.25. The van der Waals surface area contributed by atoms with E-state index >= 15 is 0 Å². The van der Waals surface area contributed by atoms with Crippen LogP contribution in [-0.2, 0) is 13.0 Å². The second-order valence-corrected chi connectivity index (χ2v) is 4.86. The first-order valence-corrected chi connectivity index (χ1v) is 7.37. The Morgan fingerprint density at radius 2 is 1.85 bits per heavy atom. The highest BCUT2D eigenvalue weighted by atomic mass is 16.5. The van der Waals surface area contributed by atoms with Crippen molar-refractivity contribution in [1.82, 2.24) is 0 Å². The Morgan fingerprint density at radius 1 is 1.00 bits per heavy atom. The maximum atomic E-state index is 5.66. The van der Waals surface area contributed by atoms with Gasteiger partial charge in [0.05, 0.1) is 6.61 Å². The molecule has 2 aromatic carbocycles. The molecule has 2 nitrogen and oxygen atoms in total. The van der Waals surface area contributed by atoms with E-state index < -0.39 is 0 Å². The van der Waals surface area contributed by atoms with Gasteiger partial charge in [-0.1, -0.05) is 44.2 Å². The number of aryl methyl sites for hydroxylation is 1. The molecule has 0 aromatic heterocycles. The highest BCUT2D eigenvalue weighted by Gasteiger charge is 2.00. The average Bonchev–Trinajstić information content (AvgIpc) is 2.51. The van der Waals surface area contributed by atoms with Crippen molar-refractivity contribution in [2.75, 3.05) is 11.9 Å². The van der Waals surface area contributed by atoms with Crippen LogP contribution in [0.3, 0.4) is 0 Å². The molecule has 0 aliphatic carbocycles. The van der Waals surface area contributed by atoms with E-state index in [4.69, 9.17) is 4.74 Å². The Balaban J connectivity index is 1.99. The number of ether oxygens (including phenoxy) is 1. The second kappa shape index (κ2) is 7.59. The van der Waals surface area contributed by atoms with Crippen molar-refractivity contribution < 1.29 is 4.74 Å². The van der Waals surface area contributed by atoms with Crippen LogP contribution in [0.1, 0.15) is 31.4 Å². The molecule has 0 spiro atoms. The SMILES string of the molecule is CCCOc1cccc(CNc2ccccc2CC)c1. The fourth-order valence-electron chi connectivity index (χ4n) is 2.16. The van der Waals surface area contributed by atoms with E-state index in [0.717, 1.165) is 31.7 Å². The Morgan fingerprint density at radius 3 is 2.65 bits per heavy atom. The van der Waals surface area contributed by atoms with Gasteiger partial charge in [0.2, 0.25) is 0 Å². The molecule has 20 heavy (non-hydrogen) atoms. The average molecular weight is 269 g/mol. The smallest absolute Gasteiger partial charge is 0.119 e. The van der Waals surface area contributed by atoms with Gasteiger partial charge in [0.1, 0.15) is 5.75 Å². The van der Waals surface area contributed by atoms with E-state index in [0.29, 0.717) is 0 Å². The fraction of sp³-hybridized carbons (Fsp3) is 0.333. The summed E-state index contributed by atoms with van der Waals surface area (Å²) in [4.78, 5) is 0. The molecule has 106 valence electrons. The van der Waals surface area contributed by atoms with Gasteiger partial charge < -0.3 is 10.1 Å². The Hall–Kier alpha value is -1.96. The van der Waals surface area contributed by atoms with Crippen LogP contribution in [0.5, 0.6) is 5.75 Å². The van der Waals surface area contributed by atoms with Crippen molar-refractivity contribution in [3.05, 3.63) is 59.7 Å². The highest BCUT2D eigenvalue weighted by Crippen LogP contribution is 2.18. The quantitative estimate of drug-likeness (QED) is 0.790. The minimum atomic E-state index is 0.773. The molecule has 1 N–H and O–H groups in total. The van der Waals surface area contributed by atoms with Gasteiger partial charge in [-0.2, -0.15) is 0 Å². The summed E-state index contributed by atoms with van der Waals surface area (Å²) >= 11 is 0. The molecule has 0 bridgehead atoms. The summed E-state index contributed by atoms with van der Waals surface area (Å²) in [7, 11) is 0. The van der Waals surface area contributed by atoms with Crippen LogP contribution < -0.4 is 10.1 Å². The maximum Gasteiger partial charge on any atom is 0.119 e. The molecule has 0 aliphatic rings. The number of benzene rings is 2. The van der Waals surface area contributed by atoms with Crippen LogP contribution >= 0.6 is 0 Å². The zero-order chi connectivity index (χ0) is 14.2. The minimum absolute atomic E-state index is 0.773. The molecule has 0 saturated heterocycles. The van der Waals surface area contributed by atoms with Crippen LogP contribution in [0.2, 0.25) is 0 Å². The van der Waals surface area contributed by atoms with Crippen molar-refractivity contribution in [1.29, 1.82) is 0 Å². The molecule has 0 atom stereocenters. The molecular formula is C18H23NO. The lowest BCUT2D eigenvalue weighted by Crippen LogP contribution is -2.02. The second-order valence-electron chi connectivity index (χ2n) is 4.86. The summed E-state index contributed by atoms with van der Waals surface area (Å²) < 4.78 is 5.66. The highest BCUT2D eigenvalue weighted by molar-refractivity contribution is 5.51.